The molecule has 29 heteroatoms. The molecule has 9 N–H and O–H groups in total. The molecule has 2 heterocycles. The van der Waals surface area contributed by atoms with Crippen LogP contribution in [0.3, 0.4) is 0 Å². The van der Waals surface area contributed by atoms with E-state index in [1.165, 1.54) is 26.2 Å². The van der Waals surface area contributed by atoms with Crippen molar-refractivity contribution in [3.8, 4) is 0 Å². The molecule has 12 amide bonds. The van der Waals surface area contributed by atoms with Crippen LogP contribution in [0, 0.1) is 29.6 Å². The van der Waals surface area contributed by atoms with Crippen molar-refractivity contribution >= 4 is 82.9 Å². The molecule has 2 aliphatic heterocycles. The number of hydrogen-bond donors (Lipinski definition) is 8. The van der Waals surface area contributed by atoms with Crippen molar-refractivity contribution in [3.05, 3.63) is 65.7 Å². The Morgan fingerprint density at radius 2 is 1.29 bits per heavy atom. The molecule has 0 aromatic heterocycles. The summed E-state index contributed by atoms with van der Waals surface area (Å²) in [6.45, 7) is 16.3. The molecule has 99 heavy (non-hydrogen) atoms. The Morgan fingerprint density at radius 3 is 1.86 bits per heavy atom. The van der Waals surface area contributed by atoms with E-state index in [0.717, 1.165) is 10.5 Å². The van der Waals surface area contributed by atoms with Gasteiger partial charge in [-0.15, -0.1) is 5.06 Å². The normalized spacial score (nSPS) is 16.8. The molecule has 550 valence electrons. The summed E-state index contributed by atoms with van der Waals surface area (Å²) in [6, 6.07) is 7.76. The number of hydroxylamine groups is 2. The number of carboxylic acid groups (broad SMARTS) is 1. The Morgan fingerprint density at radius 1 is 0.677 bits per heavy atom. The number of nitrogens with one attached hydrogen (secondary N) is 6. The van der Waals surface area contributed by atoms with Crippen LogP contribution in [0.1, 0.15) is 163 Å². The van der Waals surface area contributed by atoms with E-state index in [0.29, 0.717) is 67.8 Å². The first-order valence-corrected chi connectivity index (χ1v) is 34.3. The van der Waals surface area contributed by atoms with Crippen LogP contribution in [0.4, 0.5) is 15.3 Å². The number of primary amides is 1. The molecule has 0 bridgehead atoms. The largest absolute Gasteiger partial charge is 0.480 e. The minimum atomic E-state index is -1.20. The number of ether oxygens (including phenoxy) is 3. The molecule has 2 fully saturated rings. The van der Waals surface area contributed by atoms with Crippen molar-refractivity contribution in [2.24, 2.45) is 35.3 Å². The average Bonchev–Trinajstić information content (AvgIpc) is 1.78. The maximum Gasteiger partial charge on any atom is 0.410 e. The van der Waals surface area contributed by atoms with Crippen LogP contribution in [0.5, 0.6) is 0 Å². The highest BCUT2D eigenvalue weighted by molar-refractivity contribution is 6.02. The Bertz CT molecular complexity index is 3040. The zero-order valence-corrected chi connectivity index (χ0v) is 59.8. The van der Waals surface area contributed by atoms with Gasteiger partial charge in [0.1, 0.15) is 36.8 Å². The molecule has 2 saturated heterocycles. The van der Waals surface area contributed by atoms with Crippen LogP contribution in [0.15, 0.2) is 54.6 Å². The maximum atomic E-state index is 14.8. The highest BCUT2D eigenvalue weighted by atomic mass is 16.7. The van der Waals surface area contributed by atoms with Gasteiger partial charge >= 0.3 is 24.1 Å². The number of nitrogens with two attached hydrogens (primary N) is 1. The average molecular weight is 1390 g/mol. The first kappa shape index (κ1) is 82.7. The second kappa shape index (κ2) is 41.0. The van der Waals surface area contributed by atoms with Crippen molar-refractivity contribution in [2.75, 3.05) is 46.7 Å². The van der Waals surface area contributed by atoms with Crippen molar-refractivity contribution in [1.29, 1.82) is 0 Å². The maximum absolute atomic E-state index is 14.8. The number of imide groups is 1. The van der Waals surface area contributed by atoms with Gasteiger partial charge in [0.25, 0.3) is 11.8 Å². The molecule has 29 nitrogen and oxygen atoms in total. The van der Waals surface area contributed by atoms with E-state index >= 15 is 0 Å². The molecule has 2 aliphatic rings. The summed E-state index contributed by atoms with van der Waals surface area (Å²) in [5.74, 6) is -8.92. The number of nitrogens with zero attached hydrogens (tertiary/aromatic N) is 4. The lowest BCUT2D eigenvalue weighted by Gasteiger charge is -2.41. The van der Waals surface area contributed by atoms with Crippen LogP contribution in [0.2, 0.25) is 0 Å². The summed E-state index contributed by atoms with van der Waals surface area (Å²) in [7, 11) is 5.95. The van der Waals surface area contributed by atoms with E-state index in [2.05, 4.69) is 31.9 Å². The predicted octanol–water partition coefficient (Wildman–Crippen LogP) is 5.11. The van der Waals surface area contributed by atoms with Gasteiger partial charge in [0.05, 0.1) is 36.6 Å². The molecule has 0 unspecified atom stereocenters. The lowest BCUT2D eigenvalue weighted by atomic mass is 9.89. The SMILES string of the molecule is CC[C@H](C)[C@@H]([C@@H](CC(=O)N1CCC[C@H]1[C@H](OC)[C@@H](C)C(=O)N[C@@H](Cc1ccccc1)C(=O)O)OC)N(C)C(=O)[C@@H](NC(=O)[C@H](C(C)C)N(C)C(=O)OCc1ccc(NC(=O)[C@H](CCCNC(N)=O)NC(=O)[C@@H](NC(=O)CCCCCCC(=O)ON2C(=O)CCC2=O)C(C)C)cc1)C(C)C. The number of likely N-dealkylation sites (N-methyl/N-ethyl adjacent to an activating group) is 2. The van der Waals surface area contributed by atoms with Gasteiger partial charge in [-0.1, -0.05) is 124 Å². The van der Waals surface area contributed by atoms with Gasteiger partial charge in [-0.05, 0) is 85.5 Å². The Hall–Kier alpha value is -8.73. The third-order valence-electron chi connectivity index (χ3n) is 18.2. The lowest BCUT2D eigenvalue weighted by Crippen LogP contribution is -2.60. The summed E-state index contributed by atoms with van der Waals surface area (Å²) in [6.07, 6.45) is 1.50. The van der Waals surface area contributed by atoms with Crippen molar-refractivity contribution in [3.63, 3.8) is 0 Å². The van der Waals surface area contributed by atoms with E-state index in [1.807, 2.05) is 19.9 Å². The zero-order chi connectivity index (χ0) is 73.8. The molecular weight excluding hydrogens is 1280 g/mol. The fourth-order valence-corrected chi connectivity index (χ4v) is 12.4. The highest BCUT2D eigenvalue weighted by Crippen LogP contribution is 2.30. The van der Waals surface area contributed by atoms with Crippen molar-refractivity contribution < 1.29 is 86.5 Å². The molecular formula is C70H107N11O18. The first-order valence-electron chi connectivity index (χ1n) is 34.3. The Kier molecular flexibility index (Phi) is 34.2. The molecule has 0 radical (unpaired) electrons. The minimum Gasteiger partial charge on any atom is -0.480 e. The van der Waals surface area contributed by atoms with Crippen LogP contribution in [0.25, 0.3) is 0 Å². The van der Waals surface area contributed by atoms with Gasteiger partial charge in [-0.2, -0.15) is 0 Å². The van der Waals surface area contributed by atoms with Gasteiger partial charge in [0.15, 0.2) is 0 Å². The van der Waals surface area contributed by atoms with Crippen molar-refractivity contribution in [2.45, 2.75) is 220 Å². The van der Waals surface area contributed by atoms with E-state index in [-0.39, 0.29) is 76.3 Å². The standard InChI is InChI=1S/C70H107N11O18/c1-14-44(8)61(52(96-12)39-56(85)80-37-23-27-51(80)62(97-13)45(9)63(87)75-50(68(92)93)38-46-24-18-17-19-25-46)78(10)67(91)59(42(4)5)77-66(90)60(43(6)7)79(11)70(95)98-40-47-30-32-48(33-31-47)73-64(88)49(26-22-36-72-69(71)94)74-65(89)58(41(2)3)76-53(82)28-20-15-16-21-29-57(86)99-81-54(83)34-35-55(81)84/h17-19,24-25,30-33,41-45,49-52,58-62H,14-16,20-23,26-29,34-40H2,1-13H3,(H,73,88)(H,74,89)(H,75,87)(H,76,82)(H,77,90)(H,92,93)(H3,71,72,94)/t44-,45+,49-,50-,51-,52+,58-,59-,60-,61-,62+/m0/s1. The van der Waals surface area contributed by atoms with Crippen molar-refractivity contribution in [1.82, 2.24) is 46.3 Å². The minimum absolute atomic E-state index is 0.00845. The monoisotopic (exact) mass is 1390 g/mol. The van der Waals surface area contributed by atoms with Gasteiger partial charge in [-0.3, -0.25) is 48.1 Å². The first-order chi connectivity index (χ1) is 46.8. The van der Waals surface area contributed by atoms with Gasteiger partial charge in [-0.25, -0.2) is 19.2 Å². The number of benzene rings is 2. The van der Waals surface area contributed by atoms with Crippen LogP contribution >= 0.6 is 0 Å². The number of hydrogen-bond acceptors (Lipinski definition) is 17. The molecule has 4 rings (SSSR count). The Balaban J connectivity index is 1.36. The smallest absolute Gasteiger partial charge is 0.410 e. The van der Waals surface area contributed by atoms with Crippen LogP contribution in [-0.4, -0.2) is 198 Å². The van der Waals surface area contributed by atoms with E-state index < -0.39 is 149 Å². The second-order valence-electron chi connectivity index (χ2n) is 26.7. The number of amides is 12. The number of aliphatic carboxylic acids is 1. The molecule has 0 spiro atoms. The molecule has 2 aromatic carbocycles. The number of carbonyl (C=O) groups excluding carboxylic acids is 12. The predicted molar refractivity (Wildman–Crippen MR) is 365 cm³/mol. The summed E-state index contributed by atoms with van der Waals surface area (Å²) < 4.78 is 17.7. The number of carboxylic acids is 1. The second-order valence-corrected chi connectivity index (χ2v) is 26.7. The van der Waals surface area contributed by atoms with E-state index in [9.17, 15) is 67.4 Å². The zero-order valence-electron chi connectivity index (χ0n) is 59.8. The Labute approximate surface area is 581 Å². The number of methoxy groups -OCH3 is 2. The summed E-state index contributed by atoms with van der Waals surface area (Å²) in [4.78, 5) is 180. The molecule has 11 atom stereocenters. The highest BCUT2D eigenvalue weighted by Gasteiger charge is 2.44. The number of urea groups is 1. The molecule has 0 aliphatic carbocycles. The number of anilines is 1. The van der Waals surface area contributed by atoms with E-state index in [4.69, 9.17) is 24.8 Å². The third kappa shape index (κ3) is 25.5. The number of likely N-dealkylation sites (tertiary alicyclic amines) is 1. The van der Waals surface area contributed by atoms with Crippen LogP contribution < -0.4 is 37.6 Å². The molecule has 0 saturated carbocycles. The lowest BCUT2D eigenvalue weighted by molar-refractivity contribution is -0.197. The fourth-order valence-electron chi connectivity index (χ4n) is 12.4. The summed E-state index contributed by atoms with van der Waals surface area (Å²) >= 11 is 0. The van der Waals surface area contributed by atoms with Gasteiger partial charge < -0.3 is 71.6 Å². The van der Waals surface area contributed by atoms with Gasteiger partial charge in [0, 0.05) is 79.2 Å². The number of unbranched alkanes of at least 4 members (excludes halogenated alkanes) is 3. The van der Waals surface area contributed by atoms with Gasteiger partial charge in [0.2, 0.25) is 41.4 Å². The molecule has 2 aromatic rings. The third-order valence-corrected chi connectivity index (χ3v) is 18.2. The summed E-state index contributed by atoms with van der Waals surface area (Å²) in [5.41, 5.74) is 6.81. The number of carbonyl (C=O) groups is 13. The van der Waals surface area contributed by atoms with E-state index in [1.54, 1.807) is 109 Å². The van der Waals surface area contributed by atoms with Crippen LogP contribution in [-0.2, 0) is 84.8 Å². The quantitative estimate of drug-likeness (QED) is 0.0316. The number of rotatable bonds is 41. The fraction of sp³-hybridized carbons (Fsp3) is 0.643. The topological polar surface area (TPSA) is 390 Å². The summed E-state index contributed by atoms with van der Waals surface area (Å²) in [5, 5.41) is 26.8.